The van der Waals surface area contributed by atoms with Crippen LogP contribution in [0.3, 0.4) is 0 Å². The van der Waals surface area contributed by atoms with Crippen molar-refractivity contribution in [2.75, 3.05) is 13.4 Å². The molecule has 1 aliphatic rings. The van der Waals surface area contributed by atoms with Crippen LogP contribution in [0.1, 0.15) is 15.9 Å². The van der Waals surface area contributed by atoms with E-state index in [1.165, 1.54) is 6.08 Å². The molecule has 0 spiro atoms. The van der Waals surface area contributed by atoms with Crippen molar-refractivity contribution in [2.24, 2.45) is 0 Å². The standard InChI is InChI=1S/C18H14O6/c19-15(12-4-7-14(8-5-12)22-10-17(20)21)9-6-13-2-1-3-16-18(13)24-11-23-16/h1-9H,10-11H2,(H,20,21). The molecule has 2 aromatic carbocycles. The molecule has 0 radical (unpaired) electrons. The quantitative estimate of drug-likeness (QED) is 0.649. The van der Waals surface area contributed by atoms with E-state index in [2.05, 4.69) is 0 Å². The van der Waals surface area contributed by atoms with Gasteiger partial charge in [-0.1, -0.05) is 12.1 Å². The Morgan fingerprint density at radius 2 is 1.92 bits per heavy atom. The lowest BCUT2D eigenvalue weighted by Crippen LogP contribution is -2.09. The molecule has 0 saturated carbocycles. The predicted octanol–water partition coefficient (Wildman–Crippen LogP) is 2.77. The molecule has 3 rings (SSSR count). The second kappa shape index (κ2) is 6.87. The smallest absolute Gasteiger partial charge is 0.341 e. The van der Waals surface area contributed by atoms with Gasteiger partial charge in [0.15, 0.2) is 23.9 Å². The Kier molecular flexibility index (Phi) is 4.47. The van der Waals surface area contributed by atoms with Crippen molar-refractivity contribution in [3.05, 3.63) is 59.7 Å². The van der Waals surface area contributed by atoms with E-state index in [0.717, 1.165) is 5.56 Å². The van der Waals surface area contributed by atoms with Gasteiger partial charge >= 0.3 is 5.97 Å². The summed E-state index contributed by atoms with van der Waals surface area (Å²) in [5, 5.41) is 8.56. The summed E-state index contributed by atoms with van der Waals surface area (Å²) in [6.07, 6.45) is 3.12. The lowest BCUT2D eigenvalue weighted by atomic mass is 10.1. The van der Waals surface area contributed by atoms with Crippen LogP contribution in [0.5, 0.6) is 17.2 Å². The van der Waals surface area contributed by atoms with E-state index < -0.39 is 12.6 Å². The van der Waals surface area contributed by atoms with E-state index in [-0.39, 0.29) is 12.6 Å². The van der Waals surface area contributed by atoms with Crippen molar-refractivity contribution >= 4 is 17.8 Å². The van der Waals surface area contributed by atoms with Gasteiger partial charge in [0.25, 0.3) is 0 Å². The molecule has 1 heterocycles. The molecular formula is C18H14O6. The third-order valence-corrected chi connectivity index (χ3v) is 3.34. The maximum atomic E-state index is 12.2. The van der Waals surface area contributed by atoms with Gasteiger partial charge in [-0.3, -0.25) is 4.79 Å². The Bertz CT molecular complexity index is 792. The molecule has 1 aliphatic heterocycles. The van der Waals surface area contributed by atoms with Gasteiger partial charge in [-0.25, -0.2) is 4.79 Å². The molecule has 0 amide bonds. The highest BCUT2D eigenvalue weighted by Crippen LogP contribution is 2.35. The molecule has 0 aliphatic carbocycles. The number of carbonyl (C=O) groups is 2. The first-order chi connectivity index (χ1) is 11.6. The zero-order valence-corrected chi connectivity index (χ0v) is 12.6. The fourth-order valence-corrected chi connectivity index (χ4v) is 2.21. The molecule has 0 fully saturated rings. The minimum Gasteiger partial charge on any atom is -0.482 e. The number of hydrogen-bond acceptors (Lipinski definition) is 5. The highest BCUT2D eigenvalue weighted by Gasteiger charge is 2.15. The first-order valence-corrected chi connectivity index (χ1v) is 7.19. The van der Waals surface area contributed by atoms with Gasteiger partial charge < -0.3 is 19.3 Å². The molecule has 0 unspecified atom stereocenters. The number of ether oxygens (including phenoxy) is 3. The molecule has 6 heteroatoms. The van der Waals surface area contributed by atoms with Crippen molar-refractivity contribution < 1.29 is 28.9 Å². The highest BCUT2D eigenvalue weighted by molar-refractivity contribution is 6.07. The monoisotopic (exact) mass is 326 g/mol. The van der Waals surface area contributed by atoms with Crippen LogP contribution in [-0.2, 0) is 4.79 Å². The lowest BCUT2D eigenvalue weighted by molar-refractivity contribution is -0.139. The number of fused-ring (bicyclic) bond motifs is 1. The van der Waals surface area contributed by atoms with Crippen molar-refractivity contribution in [1.29, 1.82) is 0 Å². The number of carboxylic acid groups (broad SMARTS) is 1. The van der Waals surface area contributed by atoms with Gasteiger partial charge in [-0.2, -0.15) is 0 Å². The Balaban J connectivity index is 1.69. The molecule has 0 bridgehead atoms. The Labute approximate surface area is 137 Å². The van der Waals surface area contributed by atoms with Crippen LogP contribution in [0, 0.1) is 0 Å². The van der Waals surface area contributed by atoms with Gasteiger partial charge in [0, 0.05) is 11.1 Å². The number of aliphatic carboxylic acids is 1. The number of benzene rings is 2. The first kappa shape index (κ1) is 15.6. The summed E-state index contributed by atoms with van der Waals surface area (Å²) >= 11 is 0. The van der Waals surface area contributed by atoms with Gasteiger partial charge in [-0.05, 0) is 42.5 Å². The molecule has 2 aromatic rings. The maximum Gasteiger partial charge on any atom is 0.341 e. The molecular weight excluding hydrogens is 312 g/mol. The first-order valence-electron chi connectivity index (χ1n) is 7.19. The normalized spacial score (nSPS) is 12.3. The fourth-order valence-electron chi connectivity index (χ4n) is 2.21. The number of para-hydroxylation sites is 1. The average molecular weight is 326 g/mol. The van der Waals surface area contributed by atoms with E-state index in [1.807, 2.05) is 12.1 Å². The second-order valence-electron chi connectivity index (χ2n) is 4.99. The van der Waals surface area contributed by atoms with Crippen LogP contribution in [-0.4, -0.2) is 30.3 Å². The van der Waals surface area contributed by atoms with Crippen molar-refractivity contribution in [3.8, 4) is 17.2 Å². The van der Waals surface area contributed by atoms with Crippen LogP contribution in [0.25, 0.3) is 6.08 Å². The van der Waals surface area contributed by atoms with Crippen LogP contribution in [0.15, 0.2) is 48.5 Å². The number of hydrogen-bond donors (Lipinski definition) is 1. The number of ketones is 1. The van der Waals surface area contributed by atoms with Crippen LogP contribution in [0.2, 0.25) is 0 Å². The third kappa shape index (κ3) is 3.55. The Hall–Kier alpha value is -3.28. The van der Waals surface area contributed by atoms with Gasteiger partial charge in [0.2, 0.25) is 6.79 Å². The van der Waals surface area contributed by atoms with E-state index in [9.17, 15) is 9.59 Å². The summed E-state index contributed by atoms with van der Waals surface area (Å²) in [6, 6.07) is 11.7. The zero-order valence-electron chi connectivity index (χ0n) is 12.6. The summed E-state index contributed by atoms with van der Waals surface area (Å²) < 4.78 is 15.7. The molecule has 122 valence electrons. The van der Waals surface area contributed by atoms with Crippen molar-refractivity contribution in [3.63, 3.8) is 0 Å². The van der Waals surface area contributed by atoms with E-state index in [4.69, 9.17) is 19.3 Å². The zero-order chi connectivity index (χ0) is 16.9. The number of carbonyl (C=O) groups excluding carboxylic acids is 1. The minimum absolute atomic E-state index is 0.173. The summed E-state index contributed by atoms with van der Waals surface area (Å²) in [7, 11) is 0. The maximum absolute atomic E-state index is 12.2. The lowest BCUT2D eigenvalue weighted by Gasteiger charge is -2.03. The number of allylic oxidation sites excluding steroid dienone is 1. The third-order valence-electron chi connectivity index (χ3n) is 3.34. The average Bonchev–Trinajstić information content (AvgIpc) is 3.07. The fraction of sp³-hybridized carbons (Fsp3) is 0.111. The Morgan fingerprint density at radius 1 is 1.12 bits per heavy atom. The minimum atomic E-state index is -1.06. The van der Waals surface area contributed by atoms with E-state index in [1.54, 1.807) is 36.4 Å². The molecule has 1 N–H and O–H groups in total. The summed E-state index contributed by atoms with van der Waals surface area (Å²) in [4.78, 5) is 22.6. The van der Waals surface area contributed by atoms with Gasteiger partial charge in [0.1, 0.15) is 5.75 Å². The molecule has 0 aromatic heterocycles. The Morgan fingerprint density at radius 3 is 2.67 bits per heavy atom. The largest absolute Gasteiger partial charge is 0.482 e. The van der Waals surface area contributed by atoms with Crippen LogP contribution < -0.4 is 14.2 Å². The van der Waals surface area contributed by atoms with Crippen LogP contribution in [0.4, 0.5) is 0 Å². The summed E-state index contributed by atoms with van der Waals surface area (Å²) in [5.74, 6) is 0.434. The molecule has 0 saturated heterocycles. The molecule has 0 atom stereocenters. The van der Waals surface area contributed by atoms with Crippen LogP contribution >= 0.6 is 0 Å². The number of carboxylic acids is 1. The topological polar surface area (TPSA) is 82.1 Å². The number of rotatable bonds is 6. The van der Waals surface area contributed by atoms with Gasteiger partial charge in [-0.15, -0.1) is 0 Å². The molecule has 24 heavy (non-hydrogen) atoms. The molecule has 6 nitrogen and oxygen atoms in total. The van der Waals surface area contributed by atoms with E-state index >= 15 is 0 Å². The summed E-state index contributed by atoms with van der Waals surface area (Å²) in [5.41, 5.74) is 1.23. The SMILES string of the molecule is O=C(O)COc1ccc(C(=O)C=Cc2cccc3c2OCO3)cc1. The predicted molar refractivity (Wildman–Crippen MR) is 85.5 cm³/mol. The summed E-state index contributed by atoms with van der Waals surface area (Å²) in [6.45, 7) is -0.250. The van der Waals surface area contributed by atoms with Gasteiger partial charge in [0.05, 0.1) is 0 Å². The highest BCUT2D eigenvalue weighted by atomic mass is 16.7. The second-order valence-corrected chi connectivity index (χ2v) is 4.99. The van der Waals surface area contributed by atoms with Crippen molar-refractivity contribution in [1.82, 2.24) is 0 Å². The van der Waals surface area contributed by atoms with Crippen molar-refractivity contribution in [2.45, 2.75) is 0 Å². The van der Waals surface area contributed by atoms with E-state index in [0.29, 0.717) is 22.8 Å².